The number of carbonyl (C=O) groups excluding carboxylic acids is 1. The summed E-state index contributed by atoms with van der Waals surface area (Å²) in [5.74, 6) is 1.59. The van der Waals surface area contributed by atoms with Gasteiger partial charge >= 0.3 is 0 Å². The van der Waals surface area contributed by atoms with Gasteiger partial charge in [-0.15, -0.1) is 0 Å². The van der Waals surface area contributed by atoms with Crippen LogP contribution >= 0.6 is 0 Å². The highest BCUT2D eigenvalue weighted by Gasteiger charge is 2.41. The largest absolute Gasteiger partial charge is 0.454 e. The first-order valence-corrected chi connectivity index (χ1v) is 6.67. The van der Waals surface area contributed by atoms with Gasteiger partial charge in [0.05, 0.1) is 6.04 Å². The highest BCUT2D eigenvalue weighted by molar-refractivity contribution is 6.01. The second kappa shape index (κ2) is 3.33. The van der Waals surface area contributed by atoms with E-state index in [0.717, 1.165) is 16.9 Å². The van der Waals surface area contributed by atoms with Crippen LogP contribution in [0.5, 0.6) is 11.5 Å². The van der Waals surface area contributed by atoms with Crippen molar-refractivity contribution in [3.05, 3.63) is 58.7 Å². The van der Waals surface area contributed by atoms with Gasteiger partial charge in [-0.1, -0.05) is 30.4 Å². The minimum Gasteiger partial charge on any atom is -0.454 e. The molecule has 98 valence electrons. The zero-order valence-electron chi connectivity index (χ0n) is 10.6. The Kier molecular flexibility index (Phi) is 1.72. The molecule has 1 amide bonds. The molecule has 1 N–H and O–H groups in total. The van der Waals surface area contributed by atoms with Crippen LogP contribution in [0.25, 0.3) is 0 Å². The second-order valence-electron chi connectivity index (χ2n) is 5.32. The number of allylic oxidation sites excluding steroid dienone is 5. The van der Waals surface area contributed by atoms with Gasteiger partial charge < -0.3 is 14.8 Å². The highest BCUT2D eigenvalue weighted by Crippen LogP contribution is 2.52. The summed E-state index contributed by atoms with van der Waals surface area (Å²) in [4.78, 5) is 12.1. The van der Waals surface area contributed by atoms with Crippen LogP contribution in [0.15, 0.2) is 42.0 Å². The Balaban J connectivity index is 1.87. The minimum absolute atomic E-state index is 0.0343. The second-order valence-corrected chi connectivity index (χ2v) is 5.32. The van der Waals surface area contributed by atoms with Gasteiger partial charge in [0.1, 0.15) is 0 Å². The van der Waals surface area contributed by atoms with Gasteiger partial charge in [-0.05, 0) is 17.2 Å². The molecule has 0 saturated carbocycles. The maximum atomic E-state index is 12.1. The zero-order chi connectivity index (χ0) is 13.3. The van der Waals surface area contributed by atoms with E-state index in [1.165, 1.54) is 5.57 Å². The summed E-state index contributed by atoms with van der Waals surface area (Å²) in [6.07, 6.45) is 10.4. The molecular formula is C16H11NO3. The molecule has 4 nitrogen and oxygen atoms in total. The molecule has 1 aromatic rings. The van der Waals surface area contributed by atoms with E-state index in [4.69, 9.17) is 9.47 Å². The number of fused-ring (bicyclic) bond motifs is 4. The molecule has 20 heavy (non-hydrogen) atoms. The van der Waals surface area contributed by atoms with E-state index in [1.54, 1.807) is 6.07 Å². The number of benzene rings is 1. The third-order valence-electron chi connectivity index (χ3n) is 4.32. The topological polar surface area (TPSA) is 47.6 Å². The lowest BCUT2D eigenvalue weighted by atomic mass is 9.77. The molecule has 1 aromatic carbocycles. The maximum absolute atomic E-state index is 12.1. The van der Waals surface area contributed by atoms with Crippen LogP contribution in [0.1, 0.15) is 33.4 Å². The van der Waals surface area contributed by atoms with Crippen molar-refractivity contribution in [2.45, 2.75) is 12.0 Å². The molecule has 0 aromatic heterocycles. The van der Waals surface area contributed by atoms with Crippen molar-refractivity contribution in [2.24, 2.45) is 0 Å². The monoisotopic (exact) mass is 265 g/mol. The summed E-state index contributed by atoms with van der Waals surface area (Å²) >= 11 is 0. The molecule has 5 rings (SSSR count). The molecule has 2 heterocycles. The summed E-state index contributed by atoms with van der Waals surface area (Å²) < 4.78 is 11.2. The van der Waals surface area contributed by atoms with Crippen molar-refractivity contribution < 1.29 is 14.3 Å². The Bertz CT molecular complexity index is 757. The normalized spacial score (nSPS) is 27.0. The molecule has 2 atom stereocenters. The predicted octanol–water partition coefficient (Wildman–Crippen LogP) is 2.35. The summed E-state index contributed by atoms with van der Waals surface area (Å²) in [7, 11) is 0. The van der Waals surface area contributed by atoms with Gasteiger partial charge in [0.25, 0.3) is 5.91 Å². The van der Waals surface area contributed by atoms with E-state index in [2.05, 4.69) is 23.5 Å². The first-order chi connectivity index (χ1) is 9.83. The fraction of sp³-hybridized carbons (Fsp3) is 0.188. The molecule has 0 spiro atoms. The summed E-state index contributed by atoms with van der Waals surface area (Å²) in [5.41, 5.74) is 4.04. The molecule has 0 radical (unpaired) electrons. The van der Waals surface area contributed by atoms with Gasteiger partial charge in [-0.3, -0.25) is 4.79 Å². The van der Waals surface area contributed by atoms with E-state index < -0.39 is 0 Å². The van der Waals surface area contributed by atoms with Crippen molar-refractivity contribution in [3.63, 3.8) is 0 Å². The number of rotatable bonds is 0. The lowest BCUT2D eigenvalue weighted by Gasteiger charge is -2.28. The Morgan fingerprint density at radius 3 is 3.10 bits per heavy atom. The highest BCUT2D eigenvalue weighted by atomic mass is 16.7. The Hall–Kier alpha value is -2.49. The Morgan fingerprint density at radius 1 is 1.20 bits per heavy atom. The van der Waals surface area contributed by atoms with E-state index in [9.17, 15) is 4.79 Å². The molecule has 2 aliphatic carbocycles. The third-order valence-corrected chi connectivity index (χ3v) is 4.32. The van der Waals surface area contributed by atoms with Gasteiger partial charge in [0.15, 0.2) is 11.5 Å². The number of ether oxygens (including phenoxy) is 2. The average molecular weight is 265 g/mol. The van der Waals surface area contributed by atoms with E-state index in [-0.39, 0.29) is 24.7 Å². The van der Waals surface area contributed by atoms with E-state index >= 15 is 0 Å². The number of nitrogens with one attached hydrogen (secondary N) is 1. The molecule has 2 unspecified atom stereocenters. The molecular weight excluding hydrogens is 254 g/mol. The van der Waals surface area contributed by atoms with Crippen molar-refractivity contribution in [3.8, 4) is 11.5 Å². The SMILES string of the molecule is O=C1NC2C=C3C=CC=CC3c3c4c(cc1c32)OCO4. The molecule has 4 heteroatoms. The standard InChI is InChI=1S/C16H11NO3/c18-16-10-6-12-15(20-7-19-12)14-9-4-2-1-3-8(9)5-11(17-16)13(10)14/h1-6,9,11H,7H2,(H,17,18). The fourth-order valence-electron chi connectivity index (χ4n) is 3.50. The summed E-state index contributed by atoms with van der Waals surface area (Å²) in [6.45, 7) is 0.225. The lowest BCUT2D eigenvalue weighted by Crippen LogP contribution is -2.21. The van der Waals surface area contributed by atoms with Crippen molar-refractivity contribution >= 4 is 5.91 Å². The van der Waals surface area contributed by atoms with Crippen molar-refractivity contribution in [2.75, 3.05) is 6.79 Å². The van der Waals surface area contributed by atoms with Crippen LogP contribution in [0, 0.1) is 0 Å². The Morgan fingerprint density at radius 2 is 2.15 bits per heavy atom. The summed E-state index contributed by atoms with van der Waals surface area (Å²) in [6, 6.07) is 1.75. The first kappa shape index (κ1) is 10.3. The van der Waals surface area contributed by atoms with Crippen molar-refractivity contribution in [1.29, 1.82) is 0 Å². The molecule has 0 bridgehead atoms. The van der Waals surface area contributed by atoms with Crippen LogP contribution in [0.2, 0.25) is 0 Å². The van der Waals surface area contributed by atoms with E-state index in [1.807, 2.05) is 12.2 Å². The van der Waals surface area contributed by atoms with Gasteiger partial charge in [-0.2, -0.15) is 0 Å². The first-order valence-electron chi connectivity index (χ1n) is 6.67. The van der Waals surface area contributed by atoms with Gasteiger partial charge in [0.2, 0.25) is 6.79 Å². The molecule has 4 aliphatic rings. The maximum Gasteiger partial charge on any atom is 0.252 e. The van der Waals surface area contributed by atoms with Crippen LogP contribution in [0.4, 0.5) is 0 Å². The zero-order valence-corrected chi connectivity index (χ0v) is 10.6. The minimum atomic E-state index is -0.0515. The molecule has 0 saturated heterocycles. The predicted molar refractivity (Wildman–Crippen MR) is 71.9 cm³/mol. The average Bonchev–Trinajstić information content (AvgIpc) is 3.05. The van der Waals surface area contributed by atoms with Crippen LogP contribution in [0.3, 0.4) is 0 Å². The third kappa shape index (κ3) is 1.10. The fourth-order valence-corrected chi connectivity index (χ4v) is 3.50. The summed E-state index contributed by atoms with van der Waals surface area (Å²) in [5, 5.41) is 3.01. The number of amides is 1. The van der Waals surface area contributed by atoms with E-state index in [0.29, 0.717) is 11.3 Å². The van der Waals surface area contributed by atoms with Gasteiger partial charge in [-0.25, -0.2) is 0 Å². The number of hydrogen-bond acceptors (Lipinski definition) is 3. The molecule has 0 fully saturated rings. The lowest BCUT2D eigenvalue weighted by molar-refractivity contribution is 0.0960. The number of carbonyl (C=O) groups is 1. The van der Waals surface area contributed by atoms with Crippen LogP contribution < -0.4 is 14.8 Å². The Labute approximate surface area is 115 Å². The van der Waals surface area contributed by atoms with Crippen molar-refractivity contribution in [1.82, 2.24) is 5.32 Å². The quantitative estimate of drug-likeness (QED) is 0.783. The smallest absolute Gasteiger partial charge is 0.252 e. The van der Waals surface area contributed by atoms with Gasteiger partial charge in [0, 0.05) is 17.0 Å². The van der Waals surface area contributed by atoms with Crippen LogP contribution in [-0.2, 0) is 0 Å². The van der Waals surface area contributed by atoms with Crippen LogP contribution in [-0.4, -0.2) is 12.7 Å². The number of hydrogen-bond donors (Lipinski definition) is 1. The molecule has 2 aliphatic heterocycles.